The number of rotatable bonds is 2. The minimum atomic E-state index is -0.366. The van der Waals surface area contributed by atoms with E-state index in [1.54, 1.807) is 12.1 Å². The minimum absolute atomic E-state index is 0.115. The van der Waals surface area contributed by atoms with Crippen LogP contribution in [-0.4, -0.2) is 9.55 Å². The number of nitrogens with zero attached hydrogens (tertiary/aromatic N) is 2. The van der Waals surface area contributed by atoms with Crippen LogP contribution in [0, 0.1) is 9.39 Å². The number of hydrogen-bond acceptors (Lipinski definition) is 2. The Hall–Kier alpha value is -0.470. The van der Waals surface area contributed by atoms with Gasteiger partial charge in [0.25, 0.3) is 5.56 Å². The van der Waals surface area contributed by atoms with Gasteiger partial charge in [0.2, 0.25) is 0 Å². The summed E-state index contributed by atoms with van der Waals surface area (Å²) in [6.07, 6.45) is 1.31. The molecule has 1 aromatic carbocycles. The van der Waals surface area contributed by atoms with Gasteiger partial charge in [-0.1, -0.05) is 27.5 Å². The third-order valence-corrected chi connectivity index (χ3v) is 4.36. The van der Waals surface area contributed by atoms with Crippen LogP contribution in [0.15, 0.2) is 33.8 Å². The summed E-state index contributed by atoms with van der Waals surface area (Å²) in [6, 6.07) is 4.58. The molecule has 0 saturated heterocycles. The van der Waals surface area contributed by atoms with Gasteiger partial charge in [-0.3, -0.25) is 9.36 Å². The Balaban J connectivity index is 2.44. The summed E-state index contributed by atoms with van der Waals surface area (Å²) in [4.78, 5) is 15.8. The summed E-state index contributed by atoms with van der Waals surface area (Å²) >= 11 is 10.8. The van der Waals surface area contributed by atoms with Gasteiger partial charge in [0.05, 0.1) is 12.9 Å². The molecule has 0 bridgehead atoms. The van der Waals surface area contributed by atoms with Crippen LogP contribution in [-0.2, 0) is 6.54 Å². The largest absolute Gasteiger partial charge is 0.294 e. The molecule has 1 aromatic heterocycles. The van der Waals surface area contributed by atoms with Gasteiger partial charge in [0.1, 0.15) is 14.5 Å². The number of halogens is 4. The van der Waals surface area contributed by atoms with Crippen molar-refractivity contribution in [1.29, 1.82) is 0 Å². The minimum Gasteiger partial charge on any atom is -0.294 e. The molecule has 0 unspecified atom stereocenters. The van der Waals surface area contributed by atoms with Crippen LogP contribution in [0.4, 0.5) is 4.39 Å². The number of hydrogen-bond donors (Lipinski definition) is 0. The van der Waals surface area contributed by atoms with Crippen LogP contribution in [0.1, 0.15) is 5.56 Å². The summed E-state index contributed by atoms with van der Waals surface area (Å²) in [5.74, 6) is -0.366. The molecule has 0 fully saturated rings. The summed E-state index contributed by atoms with van der Waals surface area (Å²) in [7, 11) is 0. The van der Waals surface area contributed by atoms with Crippen molar-refractivity contribution in [2.75, 3.05) is 0 Å². The predicted molar refractivity (Wildman–Crippen MR) is 79.4 cm³/mol. The zero-order valence-electron chi connectivity index (χ0n) is 8.83. The quantitative estimate of drug-likeness (QED) is 0.527. The van der Waals surface area contributed by atoms with Crippen LogP contribution in [0.2, 0.25) is 5.15 Å². The first kappa shape index (κ1) is 14.0. The van der Waals surface area contributed by atoms with Crippen molar-refractivity contribution in [2.45, 2.75) is 6.54 Å². The third-order valence-electron chi connectivity index (χ3n) is 2.29. The van der Waals surface area contributed by atoms with Gasteiger partial charge in [-0.05, 0) is 40.8 Å². The third kappa shape index (κ3) is 2.92. The fraction of sp³-hybridized carbons (Fsp3) is 0.0909. The monoisotopic (exact) mass is 442 g/mol. The molecule has 0 spiro atoms. The van der Waals surface area contributed by atoms with Crippen LogP contribution in [0.5, 0.6) is 0 Å². The van der Waals surface area contributed by atoms with Gasteiger partial charge >= 0.3 is 0 Å². The lowest BCUT2D eigenvalue weighted by atomic mass is 10.2. The zero-order chi connectivity index (χ0) is 13.3. The van der Waals surface area contributed by atoms with Gasteiger partial charge in [-0.2, -0.15) is 0 Å². The second-order valence-electron chi connectivity index (χ2n) is 3.52. The highest BCUT2D eigenvalue weighted by Gasteiger charge is 2.09. The second kappa shape index (κ2) is 5.66. The highest BCUT2D eigenvalue weighted by molar-refractivity contribution is 14.1. The van der Waals surface area contributed by atoms with Crippen LogP contribution >= 0.6 is 50.1 Å². The highest BCUT2D eigenvalue weighted by atomic mass is 127. The lowest BCUT2D eigenvalue weighted by Gasteiger charge is -2.07. The Morgan fingerprint density at radius 2 is 2.22 bits per heavy atom. The van der Waals surface area contributed by atoms with Gasteiger partial charge < -0.3 is 0 Å². The van der Waals surface area contributed by atoms with Crippen LogP contribution in [0.3, 0.4) is 0 Å². The first-order chi connectivity index (χ1) is 8.49. The molecule has 0 N–H and O–H groups in total. The Bertz CT molecular complexity index is 662. The maximum absolute atomic E-state index is 13.6. The normalized spacial score (nSPS) is 10.7. The summed E-state index contributed by atoms with van der Waals surface area (Å²) in [5.41, 5.74) is 0.126. The predicted octanol–water partition coefficient (Wildman–Crippen LogP) is 3.45. The standard InChI is InChI=1S/C11H6BrClFIN2O/c12-7-1-2-8(14)6(3-7)4-17-5-16-10(13)9(15)11(17)18/h1-3,5H,4H2. The van der Waals surface area contributed by atoms with E-state index in [0.717, 1.165) is 4.47 Å². The van der Waals surface area contributed by atoms with Crippen molar-refractivity contribution in [3.8, 4) is 0 Å². The Kier molecular flexibility index (Phi) is 4.39. The average molecular weight is 443 g/mol. The maximum Gasteiger partial charge on any atom is 0.268 e. The van der Waals surface area contributed by atoms with Gasteiger partial charge in [-0.25, -0.2) is 9.37 Å². The molecule has 2 rings (SSSR count). The summed E-state index contributed by atoms with van der Waals surface area (Å²) < 4.78 is 16.0. The van der Waals surface area contributed by atoms with E-state index in [-0.39, 0.29) is 23.1 Å². The lowest BCUT2D eigenvalue weighted by molar-refractivity contribution is 0.593. The fourth-order valence-electron chi connectivity index (χ4n) is 1.40. The zero-order valence-corrected chi connectivity index (χ0v) is 13.3. The lowest BCUT2D eigenvalue weighted by Crippen LogP contribution is -2.24. The molecule has 2 aromatic rings. The summed E-state index contributed by atoms with van der Waals surface area (Å²) in [5, 5.41) is 0.159. The molecule has 7 heteroatoms. The molecule has 1 heterocycles. The number of benzene rings is 1. The first-order valence-electron chi connectivity index (χ1n) is 4.83. The van der Waals surface area contributed by atoms with Gasteiger partial charge in [-0.15, -0.1) is 0 Å². The SMILES string of the molecule is O=c1c(I)c(Cl)ncn1Cc1cc(Br)ccc1F. The molecule has 0 saturated carbocycles. The molecule has 3 nitrogen and oxygen atoms in total. The Labute approximate surface area is 129 Å². The molecule has 18 heavy (non-hydrogen) atoms. The van der Waals surface area contributed by atoms with Crippen molar-refractivity contribution >= 4 is 50.1 Å². The molecule has 0 aliphatic carbocycles. The van der Waals surface area contributed by atoms with Crippen molar-refractivity contribution in [2.24, 2.45) is 0 Å². The molecule has 0 atom stereocenters. The van der Waals surface area contributed by atoms with E-state index in [1.807, 2.05) is 22.6 Å². The Morgan fingerprint density at radius 3 is 2.94 bits per heavy atom. The smallest absolute Gasteiger partial charge is 0.268 e. The van der Waals surface area contributed by atoms with E-state index in [2.05, 4.69) is 20.9 Å². The van der Waals surface area contributed by atoms with Gasteiger partial charge in [0.15, 0.2) is 0 Å². The van der Waals surface area contributed by atoms with E-state index >= 15 is 0 Å². The van der Waals surface area contributed by atoms with E-state index in [9.17, 15) is 9.18 Å². The molecule has 94 valence electrons. The molecule has 0 amide bonds. The van der Waals surface area contributed by atoms with Gasteiger partial charge in [0, 0.05) is 10.0 Å². The second-order valence-corrected chi connectivity index (χ2v) is 5.87. The Morgan fingerprint density at radius 1 is 1.50 bits per heavy atom. The van der Waals surface area contributed by atoms with E-state index in [1.165, 1.54) is 17.0 Å². The van der Waals surface area contributed by atoms with Crippen molar-refractivity contribution < 1.29 is 4.39 Å². The average Bonchev–Trinajstić information content (AvgIpc) is 2.34. The number of aromatic nitrogens is 2. The topological polar surface area (TPSA) is 34.9 Å². The first-order valence-corrected chi connectivity index (χ1v) is 7.08. The molecule has 0 radical (unpaired) electrons. The van der Waals surface area contributed by atoms with E-state index < -0.39 is 0 Å². The van der Waals surface area contributed by atoms with Crippen LogP contribution < -0.4 is 5.56 Å². The fourth-order valence-corrected chi connectivity index (χ4v) is 2.39. The maximum atomic E-state index is 13.6. The summed E-state index contributed by atoms with van der Waals surface area (Å²) in [6.45, 7) is 0.115. The van der Waals surface area contributed by atoms with Crippen molar-refractivity contribution in [3.05, 3.63) is 59.5 Å². The molecule has 0 aliphatic rings. The van der Waals surface area contributed by atoms with Crippen molar-refractivity contribution in [3.63, 3.8) is 0 Å². The highest BCUT2D eigenvalue weighted by Crippen LogP contribution is 2.16. The molecule has 0 aliphatic heterocycles. The molecular weight excluding hydrogens is 437 g/mol. The molecular formula is C11H6BrClFIN2O. The van der Waals surface area contributed by atoms with Crippen LogP contribution in [0.25, 0.3) is 0 Å². The van der Waals surface area contributed by atoms with Crippen molar-refractivity contribution in [1.82, 2.24) is 9.55 Å². The van der Waals surface area contributed by atoms with E-state index in [4.69, 9.17) is 11.6 Å². The van der Waals surface area contributed by atoms with E-state index in [0.29, 0.717) is 9.13 Å².